The standard InChI is InChI=1S/C12H21BN2O3/c1-9-10(8-15(14-9)6-7-16)13-17-11(2,3)12(4,5)18-13/h8,16H,6-7H2,1-5H3. The third kappa shape index (κ3) is 2.20. The van der Waals surface area contributed by atoms with Gasteiger partial charge in [0.15, 0.2) is 0 Å². The molecule has 0 unspecified atom stereocenters. The lowest BCUT2D eigenvalue weighted by Crippen LogP contribution is -2.41. The molecule has 100 valence electrons. The van der Waals surface area contributed by atoms with Crippen LogP contribution in [-0.2, 0) is 15.9 Å². The van der Waals surface area contributed by atoms with Crippen molar-refractivity contribution in [3.8, 4) is 0 Å². The van der Waals surface area contributed by atoms with E-state index in [0.717, 1.165) is 11.2 Å². The highest BCUT2D eigenvalue weighted by Crippen LogP contribution is 2.36. The van der Waals surface area contributed by atoms with Gasteiger partial charge in [-0.25, -0.2) is 0 Å². The summed E-state index contributed by atoms with van der Waals surface area (Å²) >= 11 is 0. The molecule has 0 bridgehead atoms. The van der Waals surface area contributed by atoms with Crippen LogP contribution in [0.25, 0.3) is 0 Å². The summed E-state index contributed by atoms with van der Waals surface area (Å²) in [6.07, 6.45) is 1.88. The van der Waals surface area contributed by atoms with Crippen LogP contribution >= 0.6 is 0 Å². The van der Waals surface area contributed by atoms with Gasteiger partial charge in [-0.15, -0.1) is 0 Å². The van der Waals surface area contributed by atoms with E-state index in [1.807, 2.05) is 40.8 Å². The Morgan fingerprint density at radius 2 is 1.83 bits per heavy atom. The van der Waals surface area contributed by atoms with Crippen LogP contribution in [0, 0.1) is 6.92 Å². The van der Waals surface area contributed by atoms with Crippen LogP contribution in [0.4, 0.5) is 0 Å². The number of aromatic nitrogens is 2. The maximum absolute atomic E-state index is 8.93. The lowest BCUT2D eigenvalue weighted by molar-refractivity contribution is 0.00578. The molecule has 18 heavy (non-hydrogen) atoms. The minimum Gasteiger partial charge on any atom is -0.399 e. The topological polar surface area (TPSA) is 56.5 Å². The van der Waals surface area contributed by atoms with Crippen LogP contribution in [0.5, 0.6) is 0 Å². The first-order valence-electron chi connectivity index (χ1n) is 6.27. The van der Waals surface area contributed by atoms with Crippen molar-refractivity contribution in [2.24, 2.45) is 0 Å². The number of hydrogen-bond donors (Lipinski definition) is 1. The van der Waals surface area contributed by atoms with Gasteiger partial charge in [-0.2, -0.15) is 5.10 Å². The normalized spacial score (nSPS) is 21.6. The van der Waals surface area contributed by atoms with E-state index in [2.05, 4.69) is 5.10 Å². The summed E-state index contributed by atoms with van der Waals surface area (Å²) in [5.41, 5.74) is 1.12. The molecule has 1 saturated heterocycles. The molecule has 0 saturated carbocycles. The van der Waals surface area contributed by atoms with E-state index in [1.165, 1.54) is 0 Å². The number of aliphatic hydroxyl groups is 1. The molecular weight excluding hydrogens is 231 g/mol. The van der Waals surface area contributed by atoms with E-state index in [9.17, 15) is 0 Å². The summed E-state index contributed by atoms with van der Waals surface area (Å²) in [6, 6.07) is 0. The van der Waals surface area contributed by atoms with Crippen molar-refractivity contribution in [1.82, 2.24) is 9.78 Å². The quantitative estimate of drug-likeness (QED) is 0.795. The monoisotopic (exact) mass is 252 g/mol. The second-order valence-corrected chi connectivity index (χ2v) is 5.74. The number of rotatable bonds is 3. The van der Waals surface area contributed by atoms with Crippen LogP contribution in [-0.4, -0.2) is 39.8 Å². The zero-order chi connectivity index (χ0) is 13.6. The van der Waals surface area contributed by atoms with Gasteiger partial charge in [-0.1, -0.05) is 0 Å². The van der Waals surface area contributed by atoms with E-state index in [-0.39, 0.29) is 24.9 Å². The van der Waals surface area contributed by atoms with E-state index in [0.29, 0.717) is 6.54 Å². The molecule has 2 heterocycles. The minimum atomic E-state index is -0.387. The van der Waals surface area contributed by atoms with Gasteiger partial charge in [-0.05, 0) is 34.6 Å². The zero-order valence-electron chi connectivity index (χ0n) is 11.7. The summed E-state index contributed by atoms with van der Waals surface area (Å²) in [5.74, 6) is 0. The molecule has 0 aliphatic carbocycles. The predicted octanol–water partition coefficient (Wildman–Crippen LogP) is 0.483. The molecule has 1 aliphatic rings. The fraction of sp³-hybridized carbons (Fsp3) is 0.750. The number of aryl methyl sites for hydroxylation is 1. The molecule has 0 amide bonds. The summed E-state index contributed by atoms with van der Waals surface area (Å²) in [4.78, 5) is 0. The van der Waals surface area contributed by atoms with Crippen molar-refractivity contribution >= 4 is 12.6 Å². The highest BCUT2D eigenvalue weighted by Gasteiger charge is 2.52. The first-order valence-corrected chi connectivity index (χ1v) is 6.27. The second kappa shape index (κ2) is 4.37. The average Bonchev–Trinajstić information content (AvgIpc) is 2.66. The molecule has 0 aromatic carbocycles. The molecule has 2 rings (SSSR count). The molecule has 6 heteroatoms. The van der Waals surface area contributed by atoms with Crippen LogP contribution < -0.4 is 5.46 Å². The Hall–Kier alpha value is -0.845. The first-order chi connectivity index (χ1) is 8.27. The highest BCUT2D eigenvalue weighted by molar-refractivity contribution is 6.62. The van der Waals surface area contributed by atoms with Crippen LogP contribution in [0.3, 0.4) is 0 Å². The molecule has 0 radical (unpaired) electrons. The van der Waals surface area contributed by atoms with Gasteiger partial charge < -0.3 is 14.4 Å². The molecule has 1 fully saturated rings. The molecule has 0 spiro atoms. The van der Waals surface area contributed by atoms with Crippen molar-refractivity contribution in [2.75, 3.05) is 6.61 Å². The van der Waals surface area contributed by atoms with Gasteiger partial charge in [0.05, 0.1) is 30.0 Å². The maximum Gasteiger partial charge on any atom is 0.498 e. The maximum atomic E-state index is 8.93. The smallest absolute Gasteiger partial charge is 0.399 e. The van der Waals surface area contributed by atoms with Gasteiger partial charge in [-0.3, -0.25) is 4.68 Å². The van der Waals surface area contributed by atoms with E-state index >= 15 is 0 Å². The van der Waals surface area contributed by atoms with E-state index in [1.54, 1.807) is 4.68 Å². The first kappa shape index (κ1) is 13.6. The number of nitrogens with zero attached hydrogens (tertiary/aromatic N) is 2. The Labute approximate surface area is 108 Å². The molecular formula is C12H21BN2O3. The molecule has 1 aliphatic heterocycles. The average molecular weight is 252 g/mol. The molecule has 0 atom stereocenters. The summed E-state index contributed by atoms with van der Waals surface area (Å²) < 4.78 is 13.7. The van der Waals surface area contributed by atoms with Gasteiger partial charge in [0, 0.05) is 11.7 Å². The van der Waals surface area contributed by atoms with E-state index < -0.39 is 0 Å². The van der Waals surface area contributed by atoms with Gasteiger partial charge >= 0.3 is 7.12 Å². The van der Waals surface area contributed by atoms with Crippen molar-refractivity contribution in [3.63, 3.8) is 0 Å². The number of hydrogen-bond acceptors (Lipinski definition) is 4. The lowest BCUT2D eigenvalue weighted by atomic mass is 9.79. The zero-order valence-corrected chi connectivity index (χ0v) is 11.7. The van der Waals surface area contributed by atoms with Gasteiger partial charge in [0.2, 0.25) is 0 Å². The van der Waals surface area contributed by atoms with Gasteiger partial charge in [0.1, 0.15) is 0 Å². The van der Waals surface area contributed by atoms with Gasteiger partial charge in [0.25, 0.3) is 0 Å². The Bertz CT molecular complexity index is 427. The fourth-order valence-electron chi connectivity index (χ4n) is 1.95. The van der Waals surface area contributed by atoms with Crippen LogP contribution in [0.15, 0.2) is 6.20 Å². The largest absolute Gasteiger partial charge is 0.498 e. The second-order valence-electron chi connectivity index (χ2n) is 5.74. The third-order valence-corrected chi connectivity index (χ3v) is 3.82. The van der Waals surface area contributed by atoms with Crippen molar-refractivity contribution in [2.45, 2.75) is 52.4 Å². The Balaban J connectivity index is 2.24. The van der Waals surface area contributed by atoms with Crippen LogP contribution in [0.1, 0.15) is 33.4 Å². The fourth-order valence-corrected chi connectivity index (χ4v) is 1.95. The van der Waals surface area contributed by atoms with Crippen molar-refractivity contribution < 1.29 is 14.4 Å². The third-order valence-electron chi connectivity index (χ3n) is 3.82. The Kier molecular flexibility index (Phi) is 3.29. The molecule has 1 aromatic heterocycles. The van der Waals surface area contributed by atoms with Crippen molar-refractivity contribution in [1.29, 1.82) is 0 Å². The molecule has 1 aromatic rings. The Morgan fingerprint density at radius 3 is 2.33 bits per heavy atom. The Morgan fingerprint density at radius 1 is 1.28 bits per heavy atom. The predicted molar refractivity (Wildman–Crippen MR) is 69.8 cm³/mol. The van der Waals surface area contributed by atoms with E-state index in [4.69, 9.17) is 14.4 Å². The minimum absolute atomic E-state index is 0.0733. The highest BCUT2D eigenvalue weighted by atomic mass is 16.7. The molecule has 5 nitrogen and oxygen atoms in total. The summed E-state index contributed by atoms with van der Waals surface area (Å²) in [7, 11) is -0.387. The van der Waals surface area contributed by atoms with Crippen LogP contribution in [0.2, 0.25) is 0 Å². The molecule has 1 N–H and O–H groups in total. The SMILES string of the molecule is Cc1nn(CCO)cc1B1OC(C)(C)C(C)(C)O1. The summed E-state index contributed by atoms with van der Waals surface area (Å²) in [6.45, 7) is 10.6. The number of aliphatic hydroxyl groups excluding tert-OH is 1. The van der Waals surface area contributed by atoms with Crippen molar-refractivity contribution in [3.05, 3.63) is 11.9 Å². The lowest BCUT2D eigenvalue weighted by Gasteiger charge is -2.32. The summed E-state index contributed by atoms with van der Waals surface area (Å²) in [5, 5.41) is 13.3.